The summed E-state index contributed by atoms with van der Waals surface area (Å²) in [5.41, 5.74) is 2.77. The number of phenols is 1. The van der Waals surface area contributed by atoms with E-state index in [1.54, 1.807) is 6.07 Å². The minimum atomic E-state index is -3.84. The van der Waals surface area contributed by atoms with E-state index >= 15 is 0 Å². The van der Waals surface area contributed by atoms with Crippen molar-refractivity contribution in [1.82, 2.24) is 5.32 Å². The first-order chi connectivity index (χ1) is 17.1. The molecule has 36 heavy (non-hydrogen) atoms. The van der Waals surface area contributed by atoms with Gasteiger partial charge in [-0.2, -0.15) is 0 Å². The maximum atomic E-state index is 12.7. The molecule has 0 heterocycles. The minimum Gasteiger partial charge on any atom is -0.508 e. The molecule has 2 aromatic carbocycles. The lowest BCUT2D eigenvalue weighted by atomic mass is 9.55. The van der Waals surface area contributed by atoms with Crippen LogP contribution < -0.4 is 10.5 Å². The van der Waals surface area contributed by atoms with Gasteiger partial charge in [-0.15, -0.1) is 0 Å². The van der Waals surface area contributed by atoms with E-state index in [9.17, 15) is 23.1 Å². The molecule has 0 bridgehead atoms. The predicted octanol–water partition coefficient (Wildman–Crippen LogP) is 3.24. The molecule has 2 fully saturated rings. The zero-order chi connectivity index (χ0) is 25.7. The molecular formula is C27H32N2O6S. The van der Waals surface area contributed by atoms with Gasteiger partial charge in [0, 0.05) is 11.0 Å². The van der Waals surface area contributed by atoms with Gasteiger partial charge in [-0.3, -0.25) is 9.59 Å². The van der Waals surface area contributed by atoms with E-state index in [1.807, 2.05) is 6.07 Å². The molecule has 5 atom stereocenters. The lowest BCUT2D eigenvalue weighted by molar-refractivity contribution is -0.156. The third-order valence-electron chi connectivity index (χ3n) is 8.74. The molecule has 0 saturated heterocycles. The monoisotopic (exact) mass is 512 g/mol. The Morgan fingerprint density at radius 1 is 1.11 bits per heavy atom. The van der Waals surface area contributed by atoms with Crippen molar-refractivity contribution in [1.29, 1.82) is 0 Å². The fourth-order valence-corrected chi connectivity index (χ4v) is 7.48. The molecule has 8 nitrogen and oxygen atoms in total. The van der Waals surface area contributed by atoms with Crippen molar-refractivity contribution in [2.75, 3.05) is 6.54 Å². The van der Waals surface area contributed by atoms with Gasteiger partial charge in [0.2, 0.25) is 10.0 Å². The van der Waals surface area contributed by atoms with Crippen LogP contribution in [0.3, 0.4) is 0 Å². The Hall–Kier alpha value is -2.91. The van der Waals surface area contributed by atoms with Gasteiger partial charge in [-0.25, -0.2) is 13.6 Å². The molecule has 3 aliphatic rings. The molecule has 2 aromatic rings. The number of primary sulfonamides is 1. The SMILES string of the molecule is C[C@]12CCC3c4ccc(O)cc4CCC3C1CC[C@@H]2OC(=O)CNC(=O)c1ccc(S(N)(=O)=O)cc1. The number of hydrogen-bond acceptors (Lipinski definition) is 6. The maximum absolute atomic E-state index is 12.7. The van der Waals surface area contributed by atoms with Crippen molar-refractivity contribution in [3.05, 3.63) is 59.2 Å². The molecule has 5 rings (SSSR count). The number of rotatable bonds is 5. The van der Waals surface area contributed by atoms with Crippen LogP contribution in [0.25, 0.3) is 0 Å². The zero-order valence-corrected chi connectivity index (χ0v) is 21.1. The summed E-state index contributed by atoms with van der Waals surface area (Å²) in [6, 6.07) is 11.0. The van der Waals surface area contributed by atoms with Crippen molar-refractivity contribution in [2.24, 2.45) is 22.4 Å². The third-order valence-corrected chi connectivity index (χ3v) is 9.66. The Morgan fingerprint density at radius 3 is 2.58 bits per heavy atom. The summed E-state index contributed by atoms with van der Waals surface area (Å²) >= 11 is 0. The second kappa shape index (κ2) is 9.19. The standard InChI is InChI=1S/C27H32N2O6S/c1-27-13-12-21-20-9-5-18(30)14-17(20)4-8-22(21)23(27)10-11-24(27)35-25(31)15-29-26(32)16-2-6-19(7-3-16)36(28,33)34/h2-3,5-7,9,14,21-24,30H,4,8,10-13,15H2,1H3,(H,29,32)(H2,28,33,34)/t21?,22?,23?,24-,27-/m0/s1. The van der Waals surface area contributed by atoms with E-state index < -0.39 is 21.9 Å². The third kappa shape index (κ3) is 4.50. The Bertz CT molecular complexity index is 1290. The van der Waals surface area contributed by atoms with Gasteiger partial charge in [0.25, 0.3) is 5.91 Å². The molecule has 192 valence electrons. The molecule has 0 radical (unpaired) electrons. The van der Waals surface area contributed by atoms with Crippen molar-refractivity contribution in [2.45, 2.75) is 62.4 Å². The number of hydrogen-bond donors (Lipinski definition) is 3. The summed E-state index contributed by atoms with van der Waals surface area (Å²) in [5.74, 6) is 0.876. The number of phenolic OH excluding ortho intramolecular Hbond substituents is 1. The Kier molecular flexibility index (Phi) is 6.32. The highest BCUT2D eigenvalue weighted by Crippen LogP contribution is 2.61. The van der Waals surface area contributed by atoms with Crippen LogP contribution >= 0.6 is 0 Å². The minimum absolute atomic E-state index is 0.0845. The van der Waals surface area contributed by atoms with Crippen LogP contribution in [0.4, 0.5) is 0 Å². The van der Waals surface area contributed by atoms with E-state index in [2.05, 4.69) is 18.3 Å². The number of nitrogens with two attached hydrogens (primary N) is 1. The van der Waals surface area contributed by atoms with Gasteiger partial charge >= 0.3 is 5.97 Å². The van der Waals surface area contributed by atoms with Crippen LogP contribution in [0.5, 0.6) is 5.75 Å². The van der Waals surface area contributed by atoms with Crippen LogP contribution in [0.1, 0.15) is 66.4 Å². The number of aromatic hydroxyl groups is 1. The van der Waals surface area contributed by atoms with Gasteiger partial charge in [0.1, 0.15) is 18.4 Å². The maximum Gasteiger partial charge on any atom is 0.325 e. The second-order valence-electron chi connectivity index (χ2n) is 10.7. The number of carbonyl (C=O) groups is 2. The van der Waals surface area contributed by atoms with Gasteiger partial charge < -0.3 is 15.2 Å². The molecule has 0 spiro atoms. The number of benzene rings is 2. The van der Waals surface area contributed by atoms with Crippen molar-refractivity contribution in [3.8, 4) is 5.75 Å². The lowest BCUT2D eigenvalue weighted by Crippen LogP contribution is -2.45. The van der Waals surface area contributed by atoms with Crippen LogP contribution in [0.2, 0.25) is 0 Å². The molecule has 3 unspecified atom stereocenters. The molecule has 9 heteroatoms. The highest BCUT2D eigenvalue weighted by molar-refractivity contribution is 7.89. The van der Waals surface area contributed by atoms with Crippen LogP contribution in [-0.2, 0) is 26.0 Å². The number of sulfonamides is 1. The van der Waals surface area contributed by atoms with Crippen LogP contribution in [-0.4, -0.2) is 38.0 Å². The fourth-order valence-electron chi connectivity index (χ4n) is 6.97. The van der Waals surface area contributed by atoms with E-state index in [1.165, 1.54) is 35.4 Å². The smallest absolute Gasteiger partial charge is 0.325 e. The molecule has 2 saturated carbocycles. The molecule has 0 aromatic heterocycles. The Balaban J connectivity index is 1.19. The summed E-state index contributed by atoms with van der Waals surface area (Å²) < 4.78 is 28.7. The summed E-state index contributed by atoms with van der Waals surface area (Å²) in [5, 5.41) is 17.5. The van der Waals surface area contributed by atoms with E-state index in [0.29, 0.717) is 23.5 Å². The first-order valence-corrected chi connectivity index (χ1v) is 14.0. The number of carbonyl (C=O) groups excluding carboxylic acids is 2. The molecule has 0 aliphatic heterocycles. The number of aryl methyl sites for hydroxylation is 1. The normalized spacial score (nSPS) is 28.9. The molecule has 3 aliphatic carbocycles. The second-order valence-corrected chi connectivity index (χ2v) is 12.2. The van der Waals surface area contributed by atoms with E-state index in [4.69, 9.17) is 9.88 Å². The summed E-state index contributed by atoms with van der Waals surface area (Å²) in [6.07, 6.45) is 5.72. The van der Waals surface area contributed by atoms with Crippen LogP contribution in [0.15, 0.2) is 47.4 Å². The lowest BCUT2D eigenvalue weighted by Gasteiger charge is -2.50. The number of ether oxygens (including phenoxy) is 1. The Labute approximate surface area is 211 Å². The first-order valence-electron chi connectivity index (χ1n) is 12.5. The first kappa shape index (κ1) is 24.8. The number of amides is 1. The van der Waals surface area contributed by atoms with Crippen molar-refractivity contribution in [3.63, 3.8) is 0 Å². The van der Waals surface area contributed by atoms with Crippen LogP contribution in [0, 0.1) is 17.3 Å². The molecule has 1 amide bonds. The molecular weight excluding hydrogens is 480 g/mol. The number of nitrogens with one attached hydrogen (secondary N) is 1. The van der Waals surface area contributed by atoms with Crippen molar-refractivity contribution >= 4 is 21.9 Å². The average Bonchev–Trinajstić information content (AvgIpc) is 3.17. The highest BCUT2D eigenvalue weighted by atomic mass is 32.2. The van der Waals surface area contributed by atoms with E-state index in [-0.39, 0.29) is 28.5 Å². The summed E-state index contributed by atoms with van der Waals surface area (Å²) in [7, 11) is -3.84. The summed E-state index contributed by atoms with van der Waals surface area (Å²) in [4.78, 5) is 25.0. The van der Waals surface area contributed by atoms with E-state index in [0.717, 1.165) is 38.5 Å². The van der Waals surface area contributed by atoms with Gasteiger partial charge in [0.15, 0.2) is 0 Å². The highest BCUT2D eigenvalue weighted by Gasteiger charge is 2.56. The predicted molar refractivity (Wildman–Crippen MR) is 133 cm³/mol. The number of esters is 1. The van der Waals surface area contributed by atoms with Gasteiger partial charge in [-0.1, -0.05) is 13.0 Å². The van der Waals surface area contributed by atoms with Crippen molar-refractivity contribution < 1.29 is 27.9 Å². The quantitative estimate of drug-likeness (QED) is 0.526. The number of fused-ring (bicyclic) bond motifs is 5. The van der Waals surface area contributed by atoms with Gasteiger partial charge in [0.05, 0.1) is 4.90 Å². The fraction of sp³-hybridized carbons (Fsp3) is 0.481. The largest absolute Gasteiger partial charge is 0.508 e. The summed E-state index contributed by atoms with van der Waals surface area (Å²) in [6.45, 7) is 1.99. The van der Waals surface area contributed by atoms with Gasteiger partial charge in [-0.05, 0) is 104 Å². The topological polar surface area (TPSA) is 136 Å². The average molecular weight is 513 g/mol. The Morgan fingerprint density at radius 2 is 1.86 bits per heavy atom. The zero-order valence-electron chi connectivity index (χ0n) is 20.3. The molecule has 4 N–H and O–H groups in total.